The smallest absolute Gasteiger partial charge is 0.329 e. The number of hydrogen-bond donors (Lipinski definition) is 2. The van der Waals surface area contributed by atoms with Crippen molar-refractivity contribution < 1.29 is 23.5 Å². The molecular formula is C25H22Br2FN3O4. The van der Waals surface area contributed by atoms with E-state index in [2.05, 4.69) is 47.7 Å². The van der Waals surface area contributed by atoms with Gasteiger partial charge in [-0.3, -0.25) is 9.59 Å². The van der Waals surface area contributed by atoms with Crippen LogP contribution < -0.4 is 20.2 Å². The summed E-state index contributed by atoms with van der Waals surface area (Å²) in [4.78, 5) is 24.3. The van der Waals surface area contributed by atoms with Gasteiger partial charge in [-0.1, -0.05) is 34.1 Å². The highest BCUT2D eigenvalue weighted by molar-refractivity contribution is 9.10. The molecule has 7 nitrogen and oxygen atoms in total. The van der Waals surface area contributed by atoms with Gasteiger partial charge in [0.1, 0.15) is 12.4 Å². The van der Waals surface area contributed by atoms with E-state index in [1.807, 2.05) is 19.9 Å². The first-order valence-corrected chi connectivity index (χ1v) is 12.1. The van der Waals surface area contributed by atoms with Gasteiger partial charge in [0.15, 0.2) is 11.5 Å². The van der Waals surface area contributed by atoms with Crippen LogP contribution in [0, 0.1) is 12.7 Å². The van der Waals surface area contributed by atoms with Crippen LogP contribution in [-0.4, -0.2) is 24.6 Å². The van der Waals surface area contributed by atoms with Crippen molar-refractivity contribution in [2.24, 2.45) is 5.10 Å². The van der Waals surface area contributed by atoms with Gasteiger partial charge in [0.25, 0.3) is 0 Å². The molecule has 2 amide bonds. The molecule has 182 valence electrons. The average molecular weight is 607 g/mol. The van der Waals surface area contributed by atoms with Gasteiger partial charge in [-0.05, 0) is 77.3 Å². The van der Waals surface area contributed by atoms with Gasteiger partial charge < -0.3 is 14.8 Å². The third-order valence-corrected chi connectivity index (χ3v) is 5.77. The van der Waals surface area contributed by atoms with Gasteiger partial charge in [-0.15, -0.1) is 0 Å². The number of halogens is 3. The van der Waals surface area contributed by atoms with Crippen LogP contribution in [-0.2, 0) is 16.2 Å². The van der Waals surface area contributed by atoms with Crippen LogP contribution in [0.5, 0.6) is 11.5 Å². The van der Waals surface area contributed by atoms with Gasteiger partial charge in [0, 0.05) is 15.7 Å². The summed E-state index contributed by atoms with van der Waals surface area (Å²) >= 11 is 6.79. The summed E-state index contributed by atoms with van der Waals surface area (Å²) in [6.07, 6.45) is 1.37. The Bertz CT molecular complexity index is 1270. The Labute approximate surface area is 219 Å². The van der Waals surface area contributed by atoms with Crippen molar-refractivity contribution in [3.05, 3.63) is 86.1 Å². The summed E-state index contributed by atoms with van der Waals surface area (Å²) in [7, 11) is 0. The largest absolute Gasteiger partial charge is 0.490 e. The number of nitrogens with one attached hydrogen (secondary N) is 2. The van der Waals surface area contributed by atoms with Crippen LogP contribution >= 0.6 is 31.9 Å². The quantitative estimate of drug-likeness (QED) is 0.195. The first kappa shape index (κ1) is 26.4. The second kappa shape index (κ2) is 12.5. The van der Waals surface area contributed by atoms with Gasteiger partial charge in [-0.25, -0.2) is 9.82 Å². The molecule has 0 saturated carbocycles. The number of anilines is 1. The lowest BCUT2D eigenvalue weighted by molar-refractivity contribution is -0.136. The molecule has 3 aromatic rings. The Morgan fingerprint density at radius 1 is 1.06 bits per heavy atom. The molecule has 2 N–H and O–H groups in total. The van der Waals surface area contributed by atoms with Crippen molar-refractivity contribution in [2.45, 2.75) is 20.5 Å². The predicted octanol–water partition coefficient (Wildman–Crippen LogP) is 5.73. The Kier molecular flexibility index (Phi) is 9.39. The van der Waals surface area contributed by atoms with Crippen LogP contribution in [0.3, 0.4) is 0 Å². The molecule has 0 aliphatic rings. The van der Waals surface area contributed by atoms with E-state index in [1.54, 1.807) is 42.5 Å². The topological polar surface area (TPSA) is 89.0 Å². The normalized spacial score (nSPS) is 10.8. The van der Waals surface area contributed by atoms with E-state index in [-0.39, 0.29) is 12.4 Å². The fourth-order valence-corrected chi connectivity index (χ4v) is 4.04. The predicted molar refractivity (Wildman–Crippen MR) is 139 cm³/mol. The Hall–Kier alpha value is -3.24. The standard InChI is InChI=1S/C25H22Br2FN3O4/c1-3-34-22-12-16(11-19(27)23(22)35-14-17-6-4-5-7-20(17)28)13-29-31-25(33)24(32)30-21-9-8-18(26)10-15(21)2/h4-13H,3,14H2,1-2H3,(H,30,32)(H,31,33)/b29-13+. The van der Waals surface area contributed by atoms with Crippen molar-refractivity contribution >= 4 is 55.6 Å². The molecule has 0 atom stereocenters. The Balaban J connectivity index is 1.66. The molecule has 0 bridgehead atoms. The molecule has 0 radical (unpaired) electrons. The minimum atomic E-state index is -0.919. The molecule has 0 spiro atoms. The molecule has 0 aliphatic carbocycles. The van der Waals surface area contributed by atoms with Crippen molar-refractivity contribution in [3.63, 3.8) is 0 Å². The van der Waals surface area contributed by atoms with E-state index in [0.717, 1.165) is 10.0 Å². The third kappa shape index (κ3) is 7.37. The second-order valence-corrected chi connectivity index (χ2v) is 9.03. The third-order valence-electron chi connectivity index (χ3n) is 4.68. The maximum Gasteiger partial charge on any atom is 0.329 e. The lowest BCUT2D eigenvalue weighted by atomic mass is 10.2. The van der Waals surface area contributed by atoms with Gasteiger partial charge >= 0.3 is 11.8 Å². The number of hydrazone groups is 1. The number of carbonyl (C=O) groups excluding carboxylic acids is 2. The highest BCUT2D eigenvalue weighted by Crippen LogP contribution is 2.37. The number of aryl methyl sites for hydroxylation is 1. The summed E-state index contributed by atoms with van der Waals surface area (Å²) in [6, 6.07) is 15.0. The lowest BCUT2D eigenvalue weighted by Crippen LogP contribution is -2.32. The highest BCUT2D eigenvalue weighted by Gasteiger charge is 2.15. The van der Waals surface area contributed by atoms with Gasteiger partial charge in [0.05, 0.1) is 17.3 Å². The zero-order valence-electron chi connectivity index (χ0n) is 18.9. The maximum atomic E-state index is 13.9. The van der Waals surface area contributed by atoms with Gasteiger partial charge in [0.2, 0.25) is 0 Å². The molecule has 0 heterocycles. The summed E-state index contributed by atoms with van der Waals surface area (Å²) in [5, 5.41) is 6.40. The summed E-state index contributed by atoms with van der Waals surface area (Å²) in [5.41, 5.74) is 4.50. The number of ether oxygens (including phenoxy) is 2. The van der Waals surface area contributed by atoms with Crippen LogP contribution in [0.2, 0.25) is 0 Å². The fraction of sp³-hybridized carbons (Fsp3) is 0.160. The molecule has 0 aliphatic heterocycles. The Morgan fingerprint density at radius 3 is 2.54 bits per heavy atom. The molecular weight excluding hydrogens is 585 g/mol. The summed E-state index contributed by atoms with van der Waals surface area (Å²) in [6.45, 7) is 4.02. The van der Waals surface area contributed by atoms with Crippen LogP contribution in [0.15, 0.2) is 68.6 Å². The van der Waals surface area contributed by atoms with E-state index in [9.17, 15) is 14.0 Å². The molecule has 3 rings (SSSR count). The van der Waals surface area contributed by atoms with Crippen molar-refractivity contribution in [2.75, 3.05) is 11.9 Å². The summed E-state index contributed by atoms with van der Waals surface area (Å²) < 4.78 is 26.8. The van der Waals surface area contributed by atoms with Gasteiger partial charge in [-0.2, -0.15) is 5.10 Å². The average Bonchev–Trinajstić information content (AvgIpc) is 2.81. The molecule has 3 aromatic carbocycles. The molecule has 35 heavy (non-hydrogen) atoms. The van der Waals surface area contributed by atoms with Crippen molar-refractivity contribution in [3.8, 4) is 11.5 Å². The molecule has 0 fully saturated rings. The second-order valence-electron chi connectivity index (χ2n) is 7.26. The zero-order chi connectivity index (χ0) is 25.4. The fourth-order valence-electron chi connectivity index (χ4n) is 2.99. The molecule has 0 unspecified atom stereocenters. The van der Waals surface area contributed by atoms with E-state index in [0.29, 0.717) is 39.4 Å². The number of rotatable bonds is 8. The minimum Gasteiger partial charge on any atom is -0.490 e. The minimum absolute atomic E-state index is 0.0157. The lowest BCUT2D eigenvalue weighted by Gasteiger charge is -2.15. The van der Waals surface area contributed by atoms with E-state index in [4.69, 9.17) is 9.47 Å². The Morgan fingerprint density at radius 2 is 1.83 bits per heavy atom. The highest BCUT2D eigenvalue weighted by atomic mass is 79.9. The monoisotopic (exact) mass is 605 g/mol. The number of carbonyl (C=O) groups is 2. The number of amides is 2. The first-order chi connectivity index (χ1) is 16.8. The van der Waals surface area contributed by atoms with E-state index in [1.165, 1.54) is 12.3 Å². The molecule has 0 saturated heterocycles. The number of benzene rings is 3. The maximum absolute atomic E-state index is 13.9. The van der Waals surface area contributed by atoms with Crippen molar-refractivity contribution in [1.29, 1.82) is 0 Å². The summed E-state index contributed by atoms with van der Waals surface area (Å²) in [5.74, 6) is -1.31. The first-order valence-electron chi connectivity index (χ1n) is 10.5. The van der Waals surface area contributed by atoms with Crippen LogP contribution in [0.25, 0.3) is 0 Å². The number of hydrogen-bond acceptors (Lipinski definition) is 5. The van der Waals surface area contributed by atoms with E-state index >= 15 is 0 Å². The van der Waals surface area contributed by atoms with E-state index < -0.39 is 11.8 Å². The molecule has 0 aromatic heterocycles. The SMILES string of the molecule is CCOc1cc(/C=N/NC(=O)C(=O)Nc2ccc(Br)cc2C)cc(Br)c1OCc1ccccc1F. The van der Waals surface area contributed by atoms with Crippen LogP contribution in [0.4, 0.5) is 10.1 Å². The molecule has 10 heteroatoms. The van der Waals surface area contributed by atoms with Crippen molar-refractivity contribution in [1.82, 2.24) is 5.43 Å². The number of nitrogens with zero attached hydrogens (tertiary/aromatic N) is 1. The van der Waals surface area contributed by atoms with Crippen LogP contribution in [0.1, 0.15) is 23.6 Å². The zero-order valence-corrected chi connectivity index (χ0v) is 22.1.